The molecule has 2 heterocycles. The van der Waals surface area contributed by atoms with Crippen LogP contribution in [0.2, 0.25) is 0 Å². The fourth-order valence-electron chi connectivity index (χ4n) is 3.39. The van der Waals surface area contributed by atoms with Crippen LogP contribution in [0.4, 0.5) is 10.6 Å². The van der Waals surface area contributed by atoms with Gasteiger partial charge in [-0.3, -0.25) is 0 Å². The summed E-state index contributed by atoms with van der Waals surface area (Å²) in [6.07, 6.45) is 5.58. The molecule has 0 spiro atoms. The minimum atomic E-state index is -0.501. The minimum Gasteiger partial charge on any atom is -0.464 e. The first-order valence-electron chi connectivity index (χ1n) is 8.89. The van der Waals surface area contributed by atoms with Crippen molar-refractivity contribution in [3.8, 4) is 0 Å². The van der Waals surface area contributed by atoms with Crippen LogP contribution in [0.5, 0.6) is 0 Å². The topological polar surface area (TPSA) is 93.7 Å². The van der Waals surface area contributed by atoms with E-state index in [1.807, 2.05) is 20.8 Å². The molecule has 8 heteroatoms. The zero-order valence-corrected chi connectivity index (χ0v) is 15.7. The number of carbonyl (C=O) groups excluding carboxylic acids is 2. The van der Waals surface area contributed by atoms with E-state index in [1.165, 1.54) is 13.3 Å². The summed E-state index contributed by atoms with van der Waals surface area (Å²) in [5.74, 6) is 0.576. The Morgan fingerprint density at radius 3 is 2.54 bits per heavy atom. The second-order valence-electron chi connectivity index (χ2n) is 7.97. The van der Waals surface area contributed by atoms with Crippen molar-refractivity contribution in [3.05, 3.63) is 18.1 Å². The van der Waals surface area contributed by atoms with Crippen LogP contribution in [-0.2, 0) is 9.47 Å². The van der Waals surface area contributed by atoms with Crippen molar-refractivity contribution >= 4 is 17.9 Å². The molecule has 1 N–H and O–H groups in total. The number of aromatic nitrogens is 2. The Hall–Kier alpha value is -2.38. The molecule has 2 aliphatic rings. The molecule has 1 aliphatic carbocycles. The second-order valence-corrected chi connectivity index (χ2v) is 7.97. The van der Waals surface area contributed by atoms with Gasteiger partial charge in [0, 0.05) is 24.5 Å². The lowest BCUT2D eigenvalue weighted by Gasteiger charge is -2.27. The molecule has 26 heavy (non-hydrogen) atoms. The Morgan fingerprint density at radius 2 is 2.00 bits per heavy atom. The normalized spacial score (nSPS) is 21.2. The van der Waals surface area contributed by atoms with Crippen molar-refractivity contribution in [2.24, 2.45) is 5.92 Å². The summed E-state index contributed by atoms with van der Waals surface area (Å²) in [5, 5.41) is 3.08. The van der Waals surface area contributed by atoms with Crippen LogP contribution < -0.4 is 10.2 Å². The highest BCUT2D eigenvalue weighted by atomic mass is 16.6. The molecule has 1 saturated carbocycles. The Kier molecular flexibility index (Phi) is 4.77. The number of methoxy groups -OCH3 is 1. The van der Waals surface area contributed by atoms with E-state index in [2.05, 4.69) is 24.9 Å². The molecule has 2 fully saturated rings. The van der Waals surface area contributed by atoms with E-state index in [0.29, 0.717) is 5.92 Å². The number of nitrogens with zero attached hydrogens (tertiary/aromatic N) is 3. The first-order valence-corrected chi connectivity index (χ1v) is 8.89. The van der Waals surface area contributed by atoms with Gasteiger partial charge < -0.3 is 19.7 Å². The summed E-state index contributed by atoms with van der Waals surface area (Å²) in [6, 6.07) is 0. The molecule has 1 aromatic rings. The summed E-state index contributed by atoms with van der Waals surface area (Å²) in [4.78, 5) is 34.2. The number of carbonyl (C=O) groups is 2. The van der Waals surface area contributed by atoms with Crippen molar-refractivity contribution in [1.82, 2.24) is 15.3 Å². The molecule has 1 aromatic heterocycles. The summed E-state index contributed by atoms with van der Waals surface area (Å²) >= 11 is 0. The number of esters is 1. The van der Waals surface area contributed by atoms with Gasteiger partial charge in [0.1, 0.15) is 11.4 Å². The van der Waals surface area contributed by atoms with Crippen LogP contribution in [0, 0.1) is 5.92 Å². The van der Waals surface area contributed by atoms with Crippen molar-refractivity contribution in [1.29, 1.82) is 0 Å². The van der Waals surface area contributed by atoms with Gasteiger partial charge in [0.2, 0.25) is 0 Å². The highest BCUT2D eigenvalue weighted by Gasteiger charge is 2.53. The van der Waals surface area contributed by atoms with Gasteiger partial charge in [-0.15, -0.1) is 0 Å². The van der Waals surface area contributed by atoms with Gasteiger partial charge in [-0.25, -0.2) is 19.6 Å². The lowest BCUT2D eigenvalue weighted by atomic mass is 9.96. The maximum Gasteiger partial charge on any atom is 0.408 e. The van der Waals surface area contributed by atoms with E-state index in [0.717, 1.165) is 38.2 Å². The molecule has 0 radical (unpaired) electrons. The Balaban J connectivity index is 1.60. The highest BCUT2D eigenvalue weighted by molar-refractivity contribution is 5.86. The Morgan fingerprint density at radius 1 is 1.27 bits per heavy atom. The number of hydrogen-bond donors (Lipinski definition) is 1. The lowest BCUT2D eigenvalue weighted by Crippen LogP contribution is -2.45. The molecule has 142 valence electrons. The fraction of sp³-hybridized carbons (Fsp3) is 0.667. The summed E-state index contributed by atoms with van der Waals surface area (Å²) in [5.41, 5.74) is -0.479. The fourth-order valence-corrected chi connectivity index (χ4v) is 3.39. The molecule has 0 unspecified atom stereocenters. The van der Waals surface area contributed by atoms with Crippen LogP contribution >= 0.6 is 0 Å². The quantitative estimate of drug-likeness (QED) is 0.820. The van der Waals surface area contributed by atoms with Crippen molar-refractivity contribution in [2.75, 3.05) is 25.1 Å². The first kappa shape index (κ1) is 18.4. The molecular weight excluding hydrogens is 336 g/mol. The van der Waals surface area contributed by atoms with E-state index in [-0.39, 0.29) is 17.3 Å². The molecular formula is C18H26N4O4. The van der Waals surface area contributed by atoms with Gasteiger partial charge in [0.25, 0.3) is 0 Å². The molecule has 0 aromatic carbocycles. The largest absolute Gasteiger partial charge is 0.464 e. The number of hydrogen-bond acceptors (Lipinski definition) is 7. The van der Waals surface area contributed by atoms with Gasteiger partial charge in [0.05, 0.1) is 19.5 Å². The van der Waals surface area contributed by atoms with Crippen LogP contribution in [-0.4, -0.2) is 53.4 Å². The third kappa shape index (κ3) is 4.05. The average Bonchev–Trinajstić information content (AvgIpc) is 3.17. The molecule has 3 rings (SSSR count). The smallest absolute Gasteiger partial charge is 0.408 e. The SMILES string of the molecule is COC(=O)c1cnc(N2CC[C@@H](C3(NC(=O)OC(C)(C)C)CC3)C2)cn1. The van der Waals surface area contributed by atoms with Crippen LogP contribution in [0.15, 0.2) is 12.4 Å². The molecule has 0 bridgehead atoms. The lowest BCUT2D eigenvalue weighted by molar-refractivity contribution is 0.0477. The number of nitrogens with one attached hydrogen (secondary N) is 1. The highest BCUT2D eigenvalue weighted by Crippen LogP contribution is 2.46. The standard InChI is InChI=1S/C18H26N4O4/c1-17(2,3)26-16(24)21-18(6-7-18)12-5-8-22(11-12)14-10-19-13(9-20-14)15(23)25-4/h9-10,12H,5-8,11H2,1-4H3,(H,21,24)/t12-/m1/s1. The van der Waals surface area contributed by atoms with E-state index in [9.17, 15) is 9.59 Å². The van der Waals surface area contributed by atoms with Gasteiger partial charge in [0.15, 0.2) is 5.69 Å². The second kappa shape index (κ2) is 6.74. The maximum atomic E-state index is 12.1. The molecule has 1 atom stereocenters. The van der Waals surface area contributed by atoms with Crippen LogP contribution in [0.25, 0.3) is 0 Å². The van der Waals surface area contributed by atoms with E-state index in [1.54, 1.807) is 6.20 Å². The zero-order chi connectivity index (χ0) is 18.9. The Labute approximate surface area is 153 Å². The third-order valence-electron chi connectivity index (χ3n) is 4.87. The number of amides is 1. The molecule has 1 amide bonds. The first-order chi connectivity index (χ1) is 12.2. The van der Waals surface area contributed by atoms with Crippen molar-refractivity contribution in [3.63, 3.8) is 0 Å². The zero-order valence-electron chi connectivity index (χ0n) is 15.7. The molecule has 8 nitrogen and oxygen atoms in total. The van der Waals surface area contributed by atoms with E-state index in [4.69, 9.17) is 4.74 Å². The summed E-state index contributed by atoms with van der Waals surface area (Å²) < 4.78 is 10.0. The van der Waals surface area contributed by atoms with E-state index < -0.39 is 11.6 Å². The summed E-state index contributed by atoms with van der Waals surface area (Å²) in [7, 11) is 1.32. The Bertz CT molecular complexity index is 679. The maximum absolute atomic E-state index is 12.1. The number of alkyl carbamates (subject to hydrolysis) is 1. The molecule has 1 aliphatic heterocycles. The van der Waals surface area contributed by atoms with Crippen molar-refractivity contribution in [2.45, 2.75) is 51.2 Å². The van der Waals surface area contributed by atoms with Crippen LogP contribution in [0.3, 0.4) is 0 Å². The number of ether oxygens (including phenoxy) is 2. The predicted octanol–water partition coefficient (Wildman–Crippen LogP) is 2.15. The van der Waals surface area contributed by atoms with Crippen LogP contribution in [0.1, 0.15) is 50.5 Å². The monoisotopic (exact) mass is 362 g/mol. The van der Waals surface area contributed by atoms with Gasteiger partial charge in [-0.1, -0.05) is 0 Å². The van der Waals surface area contributed by atoms with Gasteiger partial charge >= 0.3 is 12.1 Å². The van der Waals surface area contributed by atoms with Gasteiger partial charge in [-0.2, -0.15) is 0 Å². The van der Waals surface area contributed by atoms with Gasteiger partial charge in [-0.05, 0) is 40.0 Å². The third-order valence-corrected chi connectivity index (χ3v) is 4.87. The molecule has 1 saturated heterocycles. The van der Waals surface area contributed by atoms with Crippen molar-refractivity contribution < 1.29 is 19.1 Å². The number of anilines is 1. The predicted molar refractivity (Wildman–Crippen MR) is 95.0 cm³/mol. The minimum absolute atomic E-state index is 0.170. The van der Waals surface area contributed by atoms with E-state index >= 15 is 0 Å². The average molecular weight is 362 g/mol. The summed E-state index contributed by atoms with van der Waals surface area (Å²) in [6.45, 7) is 7.22. The number of rotatable bonds is 4.